The lowest BCUT2D eigenvalue weighted by molar-refractivity contribution is -0.139. The molecule has 0 spiro atoms. The van der Waals surface area contributed by atoms with Crippen molar-refractivity contribution in [2.24, 2.45) is 0 Å². The van der Waals surface area contributed by atoms with Gasteiger partial charge in [-0.05, 0) is 30.5 Å². The monoisotopic (exact) mass is 328 g/mol. The van der Waals surface area contributed by atoms with Crippen LogP contribution < -0.4 is 10.6 Å². The van der Waals surface area contributed by atoms with Crippen LogP contribution >= 0.6 is 0 Å². The summed E-state index contributed by atoms with van der Waals surface area (Å²) in [4.78, 5) is 23.2. The van der Waals surface area contributed by atoms with E-state index in [4.69, 9.17) is 0 Å². The van der Waals surface area contributed by atoms with Gasteiger partial charge in [-0.15, -0.1) is 0 Å². The molecular formula is C14H17FN2O4S. The Morgan fingerprint density at radius 1 is 1.18 bits per heavy atom. The lowest BCUT2D eigenvalue weighted by Crippen LogP contribution is -2.45. The Balaban J connectivity index is 1.72. The molecule has 2 rings (SSSR count). The van der Waals surface area contributed by atoms with Crippen molar-refractivity contribution in [3.8, 4) is 0 Å². The third kappa shape index (κ3) is 4.80. The van der Waals surface area contributed by atoms with Crippen LogP contribution in [0.4, 0.5) is 4.39 Å². The van der Waals surface area contributed by atoms with Crippen molar-refractivity contribution in [1.29, 1.82) is 0 Å². The summed E-state index contributed by atoms with van der Waals surface area (Å²) in [5.74, 6) is -2.06. The van der Waals surface area contributed by atoms with Gasteiger partial charge in [0.1, 0.15) is 5.82 Å². The van der Waals surface area contributed by atoms with E-state index in [0.717, 1.165) is 5.56 Å². The summed E-state index contributed by atoms with van der Waals surface area (Å²) >= 11 is 0. The maximum absolute atomic E-state index is 12.7. The van der Waals surface area contributed by atoms with Gasteiger partial charge < -0.3 is 10.6 Å². The SMILES string of the molecule is O=C(NCCc1ccc(F)cc1)C(=O)NC1CCS(=O)(=O)C1. The largest absolute Gasteiger partial charge is 0.348 e. The van der Waals surface area contributed by atoms with Crippen LogP contribution in [0.1, 0.15) is 12.0 Å². The van der Waals surface area contributed by atoms with E-state index < -0.39 is 27.7 Å². The van der Waals surface area contributed by atoms with Crippen LogP contribution in [0, 0.1) is 5.82 Å². The van der Waals surface area contributed by atoms with Crippen LogP contribution in [0.3, 0.4) is 0 Å². The third-order valence-electron chi connectivity index (χ3n) is 3.39. The van der Waals surface area contributed by atoms with E-state index in [1.54, 1.807) is 12.1 Å². The molecule has 8 heteroatoms. The van der Waals surface area contributed by atoms with Crippen molar-refractivity contribution in [3.05, 3.63) is 35.6 Å². The molecule has 2 amide bonds. The second kappa shape index (κ2) is 6.87. The first kappa shape index (κ1) is 16.4. The highest BCUT2D eigenvalue weighted by Gasteiger charge is 2.30. The number of amides is 2. The quantitative estimate of drug-likeness (QED) is 0.748. The summed E-state index contributed by atoms with van der Waals surface area (Å²) in [7, 11) is -3.10. The second-order valence-electron chi connectivity index (χ2n) is 5.21. The third-order valence-corrected chi connectivity index (χ3v) is 5.15. The smallest absolute Gasteiger partial charge is 0.309 e. The van der Waals surface area contributed by atoms with E-state index in [-0.39, 0.29) is 23.9 Å². The van der Waals surface area contributed by atoms with Crippen LogP contribution in [0.5, 0.6) is 0 Å². The van der Waals surface area contributed by atoms with Gasteiger partial charge in [0.05, 0.1) is 11.5 Å². The molecule has 1 aromatic rings. The molecule has 120 valence electrons. The minimum absolute atomic E-state index is 0.0319. The fraction of sp³-hybridized carbons (Fsp3) is 0.429. The minimum Gasteiger partial charge on any atom is -0.348 e. The first-order valence-electron chi connectivity index (χ1n) is 6.89. The molecule has 1 unspecified atom stereocenters. The van der Waals surface area contributed by atoms with Gasteiger partial charge >= 0.3 is 11.8 Å². The van der Waals surface area contributed by atoms with Gasteiger partial charge in [-0.2, -0.15) is 0 Å². The highest BCUT2D eigenvalue weighted by molar-refractivity contribution is 7.91. The Morgan fingerprint density at radius 3 is 2.45 bits per heavy atom. The van der Waals surface area contributed by atoms with Gasteiger partial charge in [-0.1, -0.05) is 12.1 Å². The average Bonchev–Trinajstić information content (AvgIpc) is 2.80. The summed E-state index contributed by atoms with van der Waals surface area (Å²) in [5.41, 5.74) is 0.837. The Labute approximate surface area is 128 Å². The number of benzene rings is 1. The normalized spacial score (nSPS) is 19.6. The van der Waals surface area contributed by atoms with Crippen LogP contribution in [0.2, 0.25) is 0 Å². The fourth-order valence-electron chi connectivity index (χ4n) is 2.21. The predicted molar refractivity (Wildman–Crippen MR) is 78.3 cm³/mol. The molecule has 0 aromatic heterocycles. The summed E-state index contributed by atoms with van der Waals surface area (Å²) in [6.07, 6.45) is 0.800. The maximum atomic E-state index is 12.7. The number of halogens is 1. The van der Waals surface area contributed by atoms with E-state index >= 15 is 0 Å². The van der Waals surface area contributed by atoms with Crippen molar-refractivity contribution in [1.82, 2.24) is 10.6 Å². The highest BCUT2D eigenvalue weighted by Crippen LogP contribution is 2.10. The van der Waals surface area contributed by atoms with Crippen molar-refractivity contribution >= 4 is 21.7 Å². The lowest BCUT2D eigenvalue weighted by atomic mass is 10.1. The number of sulfone groups is 1. The molecule has 22 heavy (non-hydrogen) atoms. The zero-order valence-corrected chi connectivity index (χ0v) is 12.7. The van der Waals surface area contributed by atoms with Crippen LogP contribution in [0.15, 0.2) is 24.3 Å². The van der Waals surface area contributed by atoms with Gasteiger partial charge in [0.15, 0.2) is 9.84 Å². The molecular weight excluding hydrogens is 311 g/mol. The Hall–Kier alpha value is -1.96. The van der Waals surface area contributed by atoms with E-state index in [1.807, 2.05) is 0 Å². The number of rotatable bonds is 4. The zero-order chi connectivity index (χ0) is 16.2. The molecule has 1 saturated heterocycles. The number of carbonyl (C=O) groups excluding carboxylic acids is 2. The van der Waals surface area contributed by atoms with E-state index in [1.165, 1.54) is 12.1 Å². The molecule has 2 N–H and O–H groups in total. The molecule has 0 bridgehead atoms. The molecule has 1 atom stereocenters. The van der Waals surface area contributed by atoms with Crippen LogP contribution in [-0.2, 0) is 25.8 Å². The van der Waals surface area contributed by atoms with Crippen molar-refractivity contribution in [3.63, 3.8) is 0 Å². The Bertz CT molecular complexity index is 658. The zero-order valence-electron chi connectivity index (χ0n) is 11.8. The molecule has 1 fully saturated rings. The average molecular weight is 328 g/mol. The maximum Gasteiger partial charge on any atom is 0.309 e. The standard InChI is InChI=1S/C14H17FN2O4S/c15-11-3-1-10(2-4-11)5-7-16-13(18)14(19)17-12-6-8-22(20,21)9-12/h1-4,12H,5-9H2,(H,16,18)(H,17,19). The fourth-order valence-corrected chi connectivity index (χ4v) is 3.88. The summed E-state index contributed by atoms with van der Waals surface area (Å²) < 4.78 is 35.3. The molecule has 0 saturated carbocycles. The van der Waals surface area contributed by atoms with Gasteiger partial charge in [0.25, 0.3) is 0 Å². The summed E-state index contributed by atoms with van der Waals surface area (Å²) in [6.45, 7) is 0.237. The Morgan fingerprint density at radius 2 is 1.86 bits per heavy atom. The topological polar surface area (TPSA) is 92.3 Å². The molecule has 1 heterocycles. The minimum atomic E-state index is -3.10. The van der Waals surface area contributed by atoms with Crippen molar-refractivity contribution in [2.75, 3.05) is 18.1 Å². The summed E-state index contributed by atoms with van der Waals surface area (Å²) in [5, 5.41) is 4.86. The van der Waals surface area contributed by atoms with Gasteiger partial charge in [0.2, 0.25) is 0 Å². The number of carbonyl (C=O) groups is 2. The molecule has 1 aliphatic rings. The first-order chi connectivity index (χ1) is 10.4. The van der Waals surface area contributed by atoms with Crippen LogP contribution in [-0.4, -0.2) is 44.3 Å². The second-order valence-corrected chi connectivity index (χ2v) is 7.43. The number of nitrogens with one attached hydrogen (secondary N) is 2. The van der Waals surface area contributed by atoms with E-state index in [9.17, 15) is 22.4 Å². The predicted octanol–water partition coefficient (Wildman–Crippen LogP) is -0.212. The summed E-state index contributed by atoms with van der Waals surface area (Å²) in [6, 6.07) is 5.35. The van der Waals surface area contributed by atoms with E-state index in [0.29, 0.717) is 12.8 Å². The number of hydrogen-bond acceptors (Lipinski definition) is 4. The Kier molecular flexibility index (Phi) is 5.12. The molecule has 6 nitrogen and oxygen atoms in total. The lowest BCUT2D eigenvalue weighted by Gasteiger charge is -2.10. The molecule has 0 radical (unpaired) electrons. The van der Waals surface area contributed by atoms with E-state index in [2.05, 4.69) is 10.6 Å². The van der Waals surface area contributed by atoms with Crippen molar-refractivity contribution in [2.45, 2.75) is 18.9 Å². The van der Waals surface area contributed by atoms with Crippen molar-refractivity contribution < 1.29 is 22.4 Å². The number of hydrogen-bond donors (Lipinski definition) is 2. The first-order valence-corrected chi connectivity index (χ1v) is 8.71. The molecule has 0 aliphatic carbocycles. The highest BCUT2D eigenvalue weighted by atomic mass is 32.2. The molecule has 1 aliphatic heterocycles. The molecule has 1 aromatic carbocycles. The van der Waals surface area contributed by atoms with Gasteiger partial charge in [-0.3, -0.25) is 9.59 Å². The van der Waals surface area contributed by atoms with Crippen LogP contribution in [0.25, 0.3) is 0 Å². The van der Waals surface area contributed by atoms with Gasteiger partial charge in [0, 0.05) is 12.6 Å². The van der Waals surface area contributed by atoms with Gasteiger partial charge in [-0.25, -0.2) is 12.8 Å².